The maximum atomic E-state index is 13.0. The summed E-state index contributed by atoms with van der Waals surface area (Å²) in [5, 5.41) is 5.84. The van der Waals surface area contributed by atoms with Gasteiger partial charge in [-0.1, -0.05) is 60.7 Å². The summed E-state index contributed by atoms with van der Waals surface area (Å²) in [6.07, 6.45) is -3.23. The molecule has 0 amide bonds. The summed E-state index contributed by atoms with van der Waals surface area (Å²) in [7, 11) is 0. The molecule has 0 radical (unpaired) electrons. The monoisotopic (exact) mass is 357 g/mol. The first-order valence-corrected chi connectivity index (χ1v) is 8.83. The van der Waals surface area contributed by atoms with E-state index in [4.69, 9.17) is 0 Å². The molecule has 3 aromatic carbocycles. The zero-order valence-electron chi connectivity index (χ0n) is 14.7. The third kappa shape index (κ3) is 4.25. The van der Waals surface area contributed by atoms with Gasteiger partial charge in [-0.3, -0.25) is 0 Å². The minimum Gasteiger partial charge on any atom is -0.310 e. The molecule has 136 valence electrons. The van der Waals surface area contributed by atoms with Crippen molar-refractivity contribution < 1.29 is 13.2 Å². The van der Waals surface area contributed by atoms with E-state index in [-0.39, 0.29) is 6.04 Å². The van der Waals surface area contributed by atoms with Crippen LogP contribution in [-0.4, -0.2) is 6.54 Å². The number of halogens is 3. The Labute approximate surface area is 151 Å². The molecule has 0 aliphatic heterocycles. The molecule has 3 aromatic rings. The molecular formula is C22H22F3N. The van der Waals surface area contributed by atoms with Gasteiger partial charge < -0.3 is 5.32 Å². The highest BCUT2D eigenvalue weighted by Crippen LogP contribution is 2.32. The second-order valence-corrected chi connectivity index (χ2v) is 6.50. The van der Waals surface area contributed by atoms with Crippen LogP contribution >= 0.6 is 0 Å². The lowest BCUT2D eigenvalue weighted by Crippen LogP contribution is -2.21. The summed E-state index contributed by atoms with van der Waals surface area (Å²) >= 11 is 0. The van der Waals surface area contributed by atoms with Crippen LogP contribution in [0.1, 0.15) is 36.1 Å². The van der Waals surface area contributed by atoms with E-state index < -0.39 is 11.7 Å². The van der Waals surface area contributed by atoms with Crippen molar-refractivity contribution in [3.8, 4) is 0 Å². The average Bonchev–Trinajstić information content (AvgIpc) is 2.64. The van der Waals surface area contributed by atoms with E-state index >= 15 is 0 Å². The first-order valence-electron chi connectivity index (χ1n) is 8.83. The fourth-order valence-corrected chi connectivity index (χ4v) is 3.35. The average molecular weight is 357 g/mol. The number of alkyl halides is 3. The number of fused-ring (bicyclic) bond motifs is 1. The number of hydrogen-bond acceptors (Lipinski definition) is 1. The van der Waals surface area contributed by atoms with Gasteiger partial charge >= 0.3 is 6.18 Å². The molecular weight excluding hydrogens is 335 g/mol. The molecule has 0 heterocycles. The maximum absolute atomic E-state index is 13.0. The first kappa shape index (κ1) is 18.5. The standard InChI is InChI=1S/C22H22F3N/c1-16(19-13-6-10-17-8-2-4-12-20(17)19)26-15-7-11-18-9-3-5-14-21(18)22(23,24)25/h2-6,8-10,12-14,16,26H,7,11,15H2,1H3/t16-/m0/s1. The van der Waals surface area contributed by atoms with Crippen LogP contribution in [0, 0.1) is 0 Å². The first-order chi connectivity index (χ1) is 12.5. The Balaban J connectivity index is 1.61. The molecule has 0 aliphatic carbocycles. The Morgan fingerprint density at radius 3 is 2.38 bits per heavy atom. The van der Waals surface area contributed by atoms with Crippen molar-refractivity contribution in [1.82, 2.24) is 5.32 Å². The minimum absolute atomic E-state index is 0.138. The summed E-state index contributed by atoms with van der Waals surface area (Å²) in [4.78, 5) is 0. The third-order valence-electron chi connectivity index (χ3n) is 4.69. The molecule has 0 spiro atoms. The van der Waals surface area contributed by atoms with E-state index in [0.29, 0.717) is 24.9 Å². The molecule has 0 aliphatic rings. The van der Waals surface area contributed by atoms with E-state index in [1.54, 1.807) is 12.1 Å². The summed E-state index contributed by atoms with van der Waals surface area (Å²) in [6.45, 7) is 2.75. The van der Waals surface area contributed by atoms with Crippen molar-refractivity contribution in [3.63, 3.8) is 0 Å². The van der Waals surface area contributed by atoms with Crippen LogP contribution in [0.15, 0.2) is 66.7 Å². The molecule has 1 nitrogen and oxygen atoms in total. The van der Waals surface area contributed by atoms with Crippen LogP contribution in [0.2, 0.25) is 0 Å². The third-order valence-corrected chi connectivity index (χ3v) is 4.69. The van der Waals surface area contributed by atoms with Gasteiger partial charge in [-0.05, 0) is 54.3 Å². The van der Waals surface area contributed by atoms with Crippen molar-refractivity contribution in [2.75, 3.05) is 6.54 Å². The molecule has 1 N–H and O–H groups in total. The van der Waals surface area contributed by atoms with Crippen LogP contribution in [0.5, 0.6) is 0 Å². The van der Waals surface area contributed by atoms with Crippen molar-refractivity contribution in [2.24, 2.45) is 0 Å². The highest BCUT2D eigenvalue weighted by Gasteiger charge is 2.32. The van der Waals surface area contributed by atoms with Gasteiger partial charge in [-0.25, -0.2) is 0 Å². The Kier molecular flexibility index (Phi) is 5.62. The van der Waals surface area contributed by atoms with Gasteiger partial charge in [0, 0.05) is 6.04 Å². The molecule has 0 saturated carbocycles. The molecule has 0 bridgehead atoms. The molecule has 4 heteroatoms. The number of hydrogen-bond donors (Lipinski definition) is 1. The predicted octanol–water partition coefficient (Wildman–Crippen LogP) is 6.14. The second kappa shape index (κ2) is 7.92. The highest BCUT2D eigenvalue weighted by molar-refractivity contribution is 5.86. The van der Waals surface area contributed by atoms with Gasteiger partial charge in [0.15, 0.2) is 0 Å². The van der Waals surface area contributed by atoms with E-state index in [1.807, 2.05) is 18.2 Å². The number of aryl methyl sites for hydroxylation is 1. The fraction of sp³-hybridized carbons (Fsp3) is 0.273. The molecule has 0 unspecified atom stereocenters. The number of rotatable bonds is 6. The van der Waals surface area contributed by atoms with Gasteiger partial charge in [0.05, 0.1) is 5.56 Å². The summed E-state index contributed by atoms with van der Waals surface area (Å²) < 4.78 is 39.1. The van der Waals surface area contributed by atoms with E-state index in [0.717, 1.165) is 6.07 Å². The van der Waals surface area contributed by atoms with Crippen molar-refractivity contribution in [2.45, 2.75) is 32.0 Å². The zero-order chi connectivity index (χ0) is 18.6. The minimum atomic E-state index is -4.29. The Hall–Kier alpha value is -2.33. The Bertz CT molecular complexity index is 865. The zero-order valence-corrected chi connectivity index (χ0v) is 14.7. The van der Waals surface area contributed by atoms with Gasteiger partial charge in [0.25, 0.3) is 0 Å². The van der Waals surface area contributed by atoms with Crippen molar-refractivity contribution in [1.29, 1.82) is 0 Å². The van der Waals surface area contributed by atoms with Gasteiger partial charge in [-0.15, -0.1) is 0 Å². The quantitative estimate of drug-likeness (QED) is 0.522. The molecule has 3 rings (SSSR count). The largest absolute Gasteiger partial charge is 0.416 e. The van der Waals surface area contributed by atoms with E-state index in [1.165, 1.54) is 22.4 Å². The lowest BCUT2D eigenvalue weighted by atomic mass is 9.99. The van der Waals surface area contributed by atoms with Crippen LogP contribution in [0.3, 0.4) is 0 Å². The smallest absolute Gasteiger partial charge is 0.310 e. The topological polar surface area (TPSA) is 12.0 Å². The van der Waals surface area contributed by atoms with Crippen molar-refractivity contribution in [3.05, 3.63) is 83.4 Å². The fourth-order valence-electron chi connectivity index (χ4n) is 3.35. The SMILES string of the molecule is C[C@H](NCCCc1ccccc1C(F)(F)F)c1cccc2ccccc12. The molecule has 1 atom stereocenters. The van der Waals surface area contributed by atoms with Gasteiger partial charge in [0.2, 0.25) is 0 Å². The normalized spacial score (nSPS) is 13.1. The lowest BCUT2D eigenvalue weighted by Gasteiger charge is -2.17. The molecule has 0 saturated heterocycles. The van der Waals surface area contributed by atoms with E-state index in [9.17, 15) is 13.2 Å². The summed E-state index contributed by atoms with van der Waals surface area (Å²) in [5.74, 6) is 0. The Morgan fingerprint density at radius 2 is 1.58 bits per heavy atom. The maximum Gasteiger partial charge on any atom is 0.416 e. The number of nitrogens with one attached hydrogen (secondary N) is 1. The van der Waals surface area contributed by atoms with Crippen LogP contribution in [0.25, 0.3) is 10.8 Å². The second-order valence-electron chi connectivity index (χ2n) is 6.50. The predicted molar refractivity (Wildman–Crippen MR) is 100 cm³/mol. The number of benzene rings is 3. The van der Waals surface area contributed by atoms with Crippen LogP contribution in [-0.2, 0) is 12.6 Å². The molecule has 0 fully saturated rings. The highest BCUT2D eigenvalue weighted by atomic mass is 19.4. The van der Waals surface area contributed by atoms with Gasteiger partial charge in [-0.2, -0.15) is 13.2 Å². The van der Waals surface area contributed by atoms with Crippen LogP contribution in [0.4, 0.5) is 13.2 Å². The Morgan fingerprint density at radius 1 is 0.885 bits per heavy atom. The molecule has 0 aromatic heterocycles. The lowest BCUT2D eigenvalue weighted by molar-refractivity contribution is -0.138. The van der Waals surface area contributed by atoms with Crippen LogP contribution < -0.4 is 5.32 Å². The van der Waals surface area contributed by atoms with E-state index in [2.05, 4.69) is 36.5 Å². The van der Waals surface area contributed by atoms with Crippen molar-refractivity contribution >= 4 is 10.8 Å². The molecule has 26 heavy (non-hydrogen) atoms. The summed E-state index contributed by atoms with van der Waals surface area (Å²) in [5.41, 5.74) is 1.04. The summed E-state index contributed by atoms with van der Waals surface area (Å²) in [6, 6.07) is 20.4. The van der Waals surface area contributed by atoms with Gasteiger partial charge in [0.1, 0.15) is 0 Å².